The third-order valence-corrected chi connectivity index (χ3v) is 6.58. The lowest BCUT2D eigenvalue weighted by Crippen LogP contribution is -2.63. The van der Waals surface area contributed by atoms with Gasteiger partial charge in [0.25, 0.3) is 5.91 Å². The van der Waals surface area contributed by atoms with Gasteiger partial charge in [0.15, 0.2) is 12.4 Å². The summed E-state index contributed by atoms with van der Waals surface area (Å²) in [6.45, 7) is 2.30. The zero-order valence-electron chi connectivity index (χ0n) is 18.4. The second-order valence-corrected chi connectivity index (χ2v) is 8.98. The molecule has 1 amide bonds. The molecule has 3 aliphatic rings. The Hall–Kier alpha value is -3.31. The number of hydrazine groups is 1. The van der Waals surface area contributed by atoms with Crippen LogP contribution in [0.3, 0.4) is 0 Å². The van der Waals surface area contributed by atoms with Crippen LogP contribution in [0.4, 0.5) is 0 Å². The van der Waals surface area contributed by atoms with Gasteiger partial charge in [-0.05, 0) is 33.0 Å². The molecule has 3 aliphatic heterocycles. The number of amides is 1. The van der Waals surface area contributed by atoms with Crippen LogP contribution in [0.2, 0.25) is 0 Å². The molecule has 11 heteroatoms. The third kappa shape index (κ3) is 3.84. The number of aromatic nitrogens is 2. The Balaban J connectivity index is 1.35. The van der Waals surface area contributed by atoms with Gasteiger partial charge in [-0.2, -0.15) is 10.2 Å². The van der Waals surface area contributed by atoms with Crippen molar-refractivity contribution in [3.05, 3.63) is 41.9 Å². The van der Waals surface area contributed by atoms with E-state index in [4.69, 9.17) is 11.5 Å². The first-order valence-electron chi connectivity index (χ1n) is 10.9. The van der Waals surface area contributed by atoms with Crippen molar-refractivity contribution in [1.29, 1.82) is 0 Å². The van der Waals surface area contributed by atoms with E-state index in [-0.39, 0.29) is 18.6 Å². The van der Waals surface area contributed by atoms with Crippen molar-refractivity contribution in [2.75, 3.05) is 27.2 Å². The number of piperidine rings is 1. The molecule has 6 N–H and O–H groups in total. The van der Waals surface area contributed by atoms with E-state index in [1.54, 1.807) is 10.8 Å². The molecular weight excluding hydrogens is 408 g/mol. The largest absolute Gasteiger partial charge is 0.384 e. The average molecular weight is 439 g/mol. The first-order chi connectivity index (χ1) is 15.4. The minimum Gasteiger partial charge on any atom is -0.384 e. The lowest BCUT2D eigenvalue weighted by Gasteiger charge is -2.50. The molecule has 0 spiro atoms. The Morgan fingerprint density at radius 3 is 2.62 bits per heavy atom. The topological polar surface area (TPSA) is 133 Å². The molecule has 1 aromatic heterocycles. The zero-order valence-corrected chi connectivity index (χ0v) is 18.4. The van der Waals surface area contributed by atoms with Crippen molar-refractivity contribution in [3.8, 4) is 0 Å². The number of carbonyl (C=O) groups excluding carboxylic acids is 1. The molecule has 3 atom stereocenters. The van der Waals surface area contributed by atoms with E-state index in [0.717, 1.165) is 36.8 Å². The Morgan fingerprint density at radius 2 is 1.91 bits per heavy atom. The fraction of sp³-hybridized carbons (Fsp3) is 0.476. The average Bonchev–Trinajstić information content (AvgIpc) is 3.08. The van der Waals surface area contributed by atoms with Gasteiger partial charge in [-0.25, -0.2) is 4.68 Å². The van der Waals surface area contributed by atoms with Crippen molar-refractivity contribution < 1.29 is 4.79 Å². The van der Waals surface area contributed by atoms with Gasteiger partial charge in [0.05, 0.1) is 5.52 Å². The van der Waals surface area contributed by atoms with Gasteiger partial charge in [-0.1, -0.05) is 18.2 Å². The van der Waals surface area contributed by atoms with E-state index in [9.17, 15) is 4.79 Å². The molecule has 5 rings (SSSR count). The van der Waals surface area contributed by atoms with E-state index in [2.05, 4.69) is 44.8 Å². The van der Waals surface area contributed by atoms with Gasteiger partial charge in [-0.15, -0.1) is 5.10 Å². The minimum absolute atomic E-state index is 0.143. The summed E-state index contributed by atoms with van der Waals surface area (Å²) in [6.07, 6.45) is 3.43. The van der Waals surface area contributed by atoms with Crippen molar-refractivity contribution in [2.45, 2.75) is 37.6 Å². The fourth-order valence-electron chi connectivity index (χ4n) is 5.09. The van der Waals surface area contributed by atoms with Crippen LogP contribution in [0.15, 0.2) is 41.3 Å². The van der Waals surface area contributed by atoms with Gasteiger partial charge in [0.1, 0.15) is 11.7 Å². The summed E-state index contributed by atoms with van der Waals surface area (Å²) in [7, 11) is 4.37. The Labute approximate surface area is 186 Å². The number of rotatable bonds is 4. The van der Waals surface area contributed by atoms with Crippen LogP contribution in [0.5, 0.6) is 0 Å². The standard InChI is InChI=1S/C21H30N10O/c1-28-10-14-7-13(8-15(11-28)29(14)2)24-21(32)20-16-5-3-4-6-17(16)30(27-20)12-31-25-18(22)9-19(23)26-31/h3-6,9,13-15,25H,7-8,10-12,22H2,1-2H3,(H2,23,26)(H,24,32)/t13?,14-,15+. The molecule has 2 fully saturated rings. The maximum absolute atomic E-state index is 13.3. The smallest absolute Gasteiger partial charge is 0.272 e. The lowest BCUT2D eigenvalue weighted by atomic mass is 9.88. The normalized spacial score (nSPS) is 26.4. The second kappa shape index (κ2) is 7.99. The number of hydrogen-bond donors (Lipinski definition) is 4. The summed E-state index contributed by atoms with van der Waals surface area (Å²) in [5.74, 6) is 0.550. The number of amidine groups is 1. The maximum atomic E-state index is 13.3. The highest BCUT2D eigenvalue weighted by molar-refractivity contribution is 6.05. The van der Waals surface area contributed by atoms with Crippen LogP contribution >= 0.6 is 0 Å². The summed E-state index contributed by atoms with van der Waals surface area (Å²) < 4.78 is 1.73. The molecule has 0 saturated carbocycles. The number of para-hydroxylation sites is 1. The first-order valence-corrected chi connectivity index (χ1v) is 10.9. The number of hydrogen-bond acceptors (Lipinski definition) is 9. The highest BCUT2D eigenvalue weighted by atomic mass is 16.2. The monoisotopic (exact) mass is 438 g/mol. The molecule has 2 bridgehead atoms. The SMILES string of the molecule is CN1C[C@H]2CC(NC(=O)c3nn(CN4N=C(N)C=C(N)N4)c4ccccc34)C[C@@H](C1)N2C. The van der Waals surface area contributed by atoms with Crippen LogP contribution in [-0.4, -0.2) is 81.8 Å². The number of hydrazone groups is 1. The van der Waals surface area contributed by atoms with E-state index >= 15 is 0 Å². The summed E-state index contributed by atoms with van der Waals surface area (Å²) in [4.78, 5) is 18.1. The molecule has 1 unspecified atom stereocenters. The minimum atomic E-state index is -0.144. The van der Waals surface area contributed by atoms with E-state index in [1.165, 1.54) is 5.12 Å². The number of likely N-dealkylation sites (tertiary alicyclic amines) is 1. The number of carbonyl (C=O) groups is 1. The molecule has 32 heavy (non-hydrogen) atoms. The first kappa shape index (κ1) is 20.6. The second-order valence-electron chi connectivity index (χ2n) is 8.98. The molecule has 4 heterocycles. The Bertz CT molecular complexity index is 1080. The van der Waals surface area contributed by atoms with Crippen molar-refractivity contribution in [1.82, 2.24) is 35.4 Å². The quantitative estimate of drug-likeness (QED) is 0.497. The van der Waals surface area contributed by atoms with Crippen LogP contribution in [0, 0.1) is 0 Å². The zero-order chi connectivity index (χ0) is 22.4. The molecule has 0 radical (unpaired) electrons. The molecule has 1 aromatic carbocycles. The van der Waals surface area contributed by atoms with Crippen LogP contribution < -0.4 is 22.2 Å². The lowest BCUT2D eigenvalue weighted by molar-refractivity contribution is 0.00836. The van der Waals surface area contributed by atoms with Crippen LogP contribution in [0.25, 0.3) is 10.9 Å². The predicted octanol–water partition coefficient (Wildman–Crippen LogP) is -0.607. The maximum Gasteiger partial charge on any atom is 0.272 e. The number of nitrogens with zero attached hydrogens (tertiary/aromatic N) is 6. The van der Waals surface area contributed by atoms with E-state index in [0.29, 0.717) is 29.4 Å². The summed E-state index contributed by atoms with van der Waals surface area (Å²) >= 11 is 0. The fourth-order valence-corrected chi connectivity index (χ4v) is 5.09. The van der Waals surface area contributed by atoms with Crippen molar-refractivity contribution >= 4 is 22.6 Å². The number of nitrogens with two attached hydrogens (primary N) is 2. The van der Waals surface area contributed by atoms with Crippen LogP contribution in [0.1, 0.15) is 23.3 Å². The summed E-state index contributed by atoms with van der Waals surface area (Å²) in [6, 6.07) is 8.75. The van der Waals surface area contributed by atoms with Crippen LogP contribution in [-0.2, 0) is 6.67 Å². The van der Waals surface area contributed by atoms with E-state index in [1.807, 2.05) is 24.3 Å². The van der Waals surface area contributed by atoms with Crippen molar-refractivity contribution in [3.63, 3.8) is 0 Å². The Kier molecular flexibility index (Phi) is 5.14. The summed E-state index contributed by atoms with van der Waals surface area (Å²) in [5, 5.41) is 14.4. The predicted molar refractivity (Wildman–Crippen MR) is 122 cm³/mol. The Morgan fingerprint density at radius 1 is 1.19 bits per heavy atom. The number of benzene rings is 1. The highest BCUT2D eigenvalue weighted by Crippen LogP contribution is 2.27. The van der Waals surface area contributed by atoms with Gasteiger partial charge in [-0.3, -0.25) is 15.1 Å². The molecule has 170 valence electrons. The molecular formula is C21H30N10O. The number of likely N-dealkylation sites (N-methyl/N-ethyl adjacent to an activating group) is 2. The molecule has 2 saturated heterocycles. The molecule has 2 aromatic rings. The van der Waals surface area contributed by atoms with Gasteiger partial charge in [0, 0.05) is 42.7 Å². The third-order valence-electron chi connectivity index (χ3n) is 6.58. The summed E-state index contributed by atoms with van der Waals surface area (Å²) in [5.41, 5.74) is 15.8. The number of piperazine rings is 1. The highest BCUT2D eigenvalue weighted by Gasteiger charge is 2.38. The van der Waals surface area contributed by atoms with Gasteiger partial charge in [0.2, 0.25) is 0 Å². The molecule has 11 nitrogen and oxygen atoms in total. The van der Waals surface area contributed by atoms with Gasteiger partial charge >= 0.3 is 0 Å². The van der Waals surface area contributed by atoms with E-state index < -0.39 is 0 Å². The van der Waals surface area contributed by atoms with Gasteiger partial charge < -0.3 is 21.7 Å². The number of fused-ring (bicyclic) bond motifs is 3. The van der Waals surface area contributed by atoms with Crippen molar-refractivity contribution in [2.24, 2.45) is 16.6 Å². The molecule has 0 aliphatic carbocycles. The number of nitrogens with one attached hydrogen (secondary N) is 2.